The Hall–Kier alpha value is -3.99. The molecule has 0 saturated carbocycles. The second kappa shape index (κ2) is 7.77. The molecule has 3 N–H and O–H groups in total. The van der Waals surface area contributed by atoms with Gasteiger partial charge in [0.2, 0.25) is 0 Å². The molecule has 0 unspecified atom stereocenters. The number of carboxylic acid groups (broad SMARTS) is 1. The van der Waals surface area contributed by atoms with Crippen LogP contribution in [0.15, 0.2) is 42.9 Å². The SMILES string of the molecule is CC(C)(C)N1C[C@@H]2C[C@H]1CN2c1ccc(Nc2ncc(-c3cc(C(=O)O)[nH]n3)n3ncnc23)cc1. The molecule has 4 aromatic rings. The van der Waals surface area contributed by atoms with Crippen molar-refractivity contribution in [3.8, 4) is 11.4 Å². The lowest BCUT2D eigenvalue weighted by Gasteiger charge is -2.42. The number of fused-ring (bicyclic) bond motifs is 3. The zero-order chi connectivity index (χ0) is 24.3. The van der Waals surface area contributed by atoms with Gasteiger partial charge in [-0.2, -0.15) is 10.2 Å². The van der Waals surface area contributed by atoms with E-state index in [0.29, 0.717) is 34.9 Å². The van der Waals surface area contributed by atoms with Gasteiger partial charge < -0.3 is 15.3 Å². The molecule has 11 nitrogen and oxygen atoms in total. The number of hydrogen-bond donors (Lipinski definition) is 3. The van der Waals surface area contributed by atoms with Gasteiger partial charge in [0.25, 0.3) is 0 Å². The third kappa shape index (κ3) is 3.68. The number of carbonyl (C=O) groups is 1. The molecule has 2 saturated heterocycles. The molecule has 2 aliphatic rings. The monoisotopic (exact) mass is 473 g/mol. The van der Waals surface area contributed by atoms with Gasteiger partial charge in [-0.05, 0) is 51.5 Å². The maximum Gasteiger partial charge on any atom is 0.353 e. The van der Waals surface area contributed by atoms with Crippen LogP contribution >= 0.6 is 0 Å². The van der Waals surface area contributed by atoms with Gasteiger partial charge in [0.05, 0.1) is 6.20 Å². The number of carboxylic acids is 1. The Labute approximate surface area is 201 Å². The van der Waals surface area contributed by atoms with Gasteiger partial charge in [0, 0.05) is 48.2 Å². The van der Waals surface area contributed by atoms with E-state index in [1.807, 2.05) is 0 Å². The van der Waals surface area contributed by atoms with Crippen LogP contribution in [0, 0.1) is 0 Å². The fourth-order valence-corrected chi connectivity index (χ4v) is 5.32. The van der Waals surface area contributed by atoms with Crippen molar-refractivity contribution in [2.75, 3.05) is 23.3 Å². The Morgan fingerprint density at radius 2 is 1.94 bits per heavy atom. The van der Waals surface area contributed by atoms with E-state index in [0.717, 1.165) is 18.8 Å². The van der Waals surface area contributed by atoms with E-state index in [9.17, 15) is 4.79 Å². The highest BCUT2D eigenvalue weighted by molar-refractivity contribution is 5.86. The average Bonchev–Trinajstić information content (AvgIpc) is 3.62. The zero-order valence-corrected chi connectivity index (χ0v) is 19.8. The number of anilines is 3. The number of nitrogens with zero attached hydrogens (tertiary/aromatic N) is 7. The lowest BCUT2D eigenvalue weighted by Crippen LogP contribution is -2.53. The molecule has 0 aliphatic carbocycles. The number of nitrogens with one attached hydrogen (secondary N) is 2. The van der Waals surface area contributed by atoms with Crippen molar-refractivity contribution in [3.63, 3.8) is 0 Å². The zero-order valence-electron chi connectivity index (χ0n) is 19.8. The molecule has 11 heteroatoms. The third-order valence-electron chi connectivity index (χ3n) is 6.94. The predicted molar refractivity (Wildman–Crippen MR) is 131 cm³/mol. The first-order chi connectivity index (χ1) is 16.8. The van der Waals surface area contributed by atoms with Crippen molar-refractivity contribution < 1.29 is 9.90 Å². The number of benzene rings is 1. The van der Waals surface area contributed by atoms with Gasteiger partial charge >= 0.3 is 5.97 Å². The summed E-state index contributed by atoms with van der Waals surface area (Å²) in [7, 11) is 0. The summed E-state index contributed by atoms with van der Waals surface area (Å²) in [6.07, 6.45) is 4.26. The van der Waals surface area contributed by atoms with Crippen molar-refractivity contribution in [2.45, 2.75) is 44.8 Å². The Morgan fingerprint density at radius 1 is 1.14 bits per heavy atom. The number of aromatic amines is 1. The molecule has 0 radical (unpaired) electrons. The van der Waals surface area contributed by atoms with E-state index in [1.54, 1.807) is 10.7 Å². The Kier molecular flexibility index (Phi) is 4.78. The molecule has 6 rings (SSSR count). The van der Waals surface area contributed by atoms with Crippen molar-refractivity contribution >= 4 is 28.8 Å². The highest BCUT2D eigenvalue weighted by Crippen LogP contribution is 2.38. The minimum Gasteiger partial charge on any atom is -0.477 e. The summed E-state index contributed by atoms with van der Waals surface area (Å²) >= 11 is 0. The average molecular weight is 474 g/mol. The normalized spacial score (nSPS) is 20.1. The van der Waals surface area contributed by atoms with E-state index in [2.05, 4.69) is 85.4 Å². The van der Waals surface area contributed by atoms with Gasteiger partial charge in [-0.25, -0.2) is 19.3 Å². The number of aromatic carboxylic acids is 1. The number of rotatable bonds is 5. The van der Waals surface area contributed by atoms with Crippen LogP contribution in [0.5, 0.6) is 0 Å². The van der Waals surface area contributed by atoms with Gasteiger partial charge in [-0.1, -0.05) is 0 Å². The lowest BCUT2D eigenvalue weighted by molar-refractivity contribution is 0.0690. The summed E-state index contributed by atoms with van der Waals surface area (Å²) in [5.41, 5.74) is 3.82. The summed E-state index contributed by atoms with van der Waals surface area (Å²) in [6.45, 7) is 9.07. The Morgan fingerprint density at radius 3 is 2.60 bits per heavy atom. The van der Waals surface area contributed by atoms with Crippen LogP contribution in [-0.4, -0.2) is 76.5 Å². The summed E-state index contributed by atoms with van der Waals surface area (Å²) in [6, 6.07) is 11.0. The fraction of sp³-hybridized carbons (Fsp3) is 0.375. The second-order valence-corrected chi connectivity index (χ2v) is 10.2. The van der Waals surface area contributed by atoms with Crippen LogP contribution < -0.4 is 10.2 Å². The molecule has 2 fully saturated rings. The summed E-state index contributed by atoms with van der Waals surface area (Å²) in [5.74, 6) is -0.532. The van der Waals surface area contributed by atoms with Crippen molar-refractivity contribution in [3.05, 3.63) is 48.5 Å². The largest absolute Gasteiger partial charge is 0.477 e. The highest BCUT2D eigenvalue weighted by atomic mass is 16.4. The standard InChI is InChI=1S/C24H27N9O2/c1-24(2,3)32-12-16-8-17(32)11-31(16)15-6-4-14(5-7-15)28-21-22-26-13-27-33(22)20(10-25-21)18-9-19(23(34)35)30-29-18/h4-7,9-10,13,16-17H,8,11-12H2,1-3H3,(H,25,28)(H,29,30)(H,34,35)/t16-,17-/m0/s1. The molecule has 180 valence electrons. The first kappa shape index (κ1) is 21.5. The first-order valence-electron chi connectivity index (χ1n) is 11.7. The van der Waals surface area contributed by atoms with E-state index in [4.69, 9.17) is 5.11 Å². The van der Waals surface area contributed by atoms with E-state index >= 15 is 0 Å². The van der Waals surface area contributed by atoms with Crippen LogP contribution in [0.1, 0.15) is 37.7 Å². The molecule has 0 spiro atoms. The molecule has 2 atom stereocenters. The second-order valence-electron chi connectivity index (χ2n) is 10.2. The maximum atomic E-state index is 11.2. The minimum absolute atomic E-state index is 0.00658. The summed E-state index contributed by atoms with van der Waals surface area (Å²) in [5, 5.41) is 23.3. The molecule has 35 heavy (non-hydrogen) atoms. The number of hydrogen-bond acceptors (Lipinski definition) is 8. The number of aromatic nitrogens is 6. The molecule has 5 heterocycles. The molecule has 0 amide bonds. The van der Waals surface area contributed by atoms with E-state index in [1.165, 1.54) is 24.5 Å². The highest BCUT2D eigenvalue weighted by Gasteiger charge is 2.46. The smallest absolute Gasteiger partial charge is 0.353 e. The van der Waals surface area contributed by atoms with E-state index < -0.39 is 5.97 Å². The van der Waals surface area contributed by atoms with Gasteiger partial charge in [-0.15, -0.1) is 0 Å². The first-order valence-corrected chi connectivity index (χ1v) is 11.7. The molecule has 2 bridgehead atoms. The van der Waals surface area contributed by atoms with Gasteiger partial charge in [0.1, 0.15) is 23.4 Å². The molecule has 1 aromatic carbocycles. The minimum atomic E-state index is -1.08. The third-order valence-corrected chi connectivity index (χ3v) is 6.94. The number of H-pyrrole nitrogens is 1. The maximum absolute atomic E-state index is 11.2. The van der Waals surface area contributed by atoms with Gasteiger partial charge in [-0.3, -0.25) is 10.00 Å². The van der Waals surface area contributed by atoms with Crippen molar-refractivity contribution in [1.29, 1.82) is 0 Å². The number of likely N-dealkylation sites (tertiary alicyclic amines) is 1. The molecule has 2 aliphatic heterocycles. The van der Waals surface area contributed by atoms with Crippen LogP contribution in [0.3, 0.4) is 0 Å². The topological polar surface area (TPSA) is 128 Å². The molecular weight excluding hydrogens is 446 g/mol. The van der Waals surface area contributed by atoms with Crippen LogP contribution in [0.25, 0.3) is 17.0 Å². The lowest BCUT2D eigenvalue weighted by atomic mass is 10.0. The molecule has 3 aromatic heterocycles. The van der Waals surface area contributed by atoms with Crippen LogP contribution in [0.2, 0.25) is 0 Å². The predicted octanol–water partition coefficient (Wildman–Crippen LogP) is 3.02. The fourth-order valence-electron chi connectivity index (χ4n) is 5.32. The Balaban J connectivity index is 1.20. The van der Waals surface area contributed by atoms with Crippen LogP contribution in [0.4, 0.5) is 17.2 Å². The van der Waals surface area contributed by atoms with Gasteiger partial charge in [0.15, 0.2) is 11.5 Å². The number of piperazine rings is 1. The van der Waals surface area contributed by atoms with Crippen molar-refractivity contribution in [1.82, 2.24) is 34.7 Å². The van der Waals surface area contributed by atoms with E-state index in [-0.39, 0.29) is 11.2 Å². The summed E-state index contributed by atoms with van der Waals surface area (Å²) < 4.78 is 1.59. The van der Waals surface area contributed by atoms with Crippen molar-refractivity contribution in [2.24, 2.45) is 0 Å². The quantitative estimate of drug-likeness (QED) is 0.401. The molecular formula is C24H27N9O2. The summed E-state index contributed by atoms with van der Waals surface area (Å²) in [4.78, 5) is 25.2. The van der Waals surface area contributed by atoms with Crippen LogP contribution in [-0.2, 0) is 0 Å². The Bertz CT molecular complexity index is 1400.